The van der Waals surface area contributed by atoms with Gasteiger partial charge in [0.25, 0.3) is 0 Å². The molecule has 1 aromatic carbocycles. The van der Waals surface area contributed by atoms with Crippen LogP contribution in [0.15, 0.2) is 35.9 Å². The molecule has 1 aromatic rings. The van der Waals surface area contributed by atoms with Gasteiger partial charge in [-0.2, -0.15) is 0 Å². The summed E-state index contributed by atoms with van der Waals surface area (Å²) in [7, 11) is 0. The summed E-state index contributed by atoms with van der Waals surface area (Å²) in [5.41, 5.74) is 3.15. The van der Waals surface area contributed by atoms with Crippen LogP contribution in [0.3, 0.4) is 0 Å². The normalized spacial score (nSPS) is 23.7. The van der Waals surface area contributed by atoms with Crippen molar-refractivity contribution in [3.8, 4) is 5.75 Å². The Balaban J connectivity index is 1.27. The Morgan fingerprint density at radius 1 is 0.719 bits per heavy atom. The van der Waals surface area contributed by atoms with E-state index in [0.717, 1.165) is 36.5 Å². The van der Waals surface area contributed by atoms with E-state index in [-0.39, 0.29) is 0 Å². The van der Waals surface area contributed by atoms with Crippen molar-refractivity contribution in [3.05, 3.63) is 41.5 Å². The molecule has 0 heterocycles. The number of ether oxygens (including phenoxy) is 1. The van der Waals surface area contributed by atoms with Gasteiger partial charge in [0.15, 0.2) is 0 Å². The van der Waals surface area contributed by atoms with Crippen LogP contribution in [0.25, 0.3) is 0 Å². The van der Waals surface area contributed by atoms with E-state index in [1.165, 1.54) is 108 Å². The molecule has 1 unspecified atom stereocenters. The number of unbranched alkanes of at least 4 members (excludes halogenated alkanes) is 3. The first kappa shape index (κ1) is 25.4. The highest BCUT2D eigenvalue weighted by Crippen LogP contribution is 2.37. The Bertz CT molecular complexity index is 635. The average Bonchev–Trinajstić information content (AvgIpc) is 2.84. The highest BCUT2D eigenvalue weighted by Gasteiger charge is 2.22. The molecule has 0 N–H and O–H groups in total. The first-order valence-corrected chi connectivity index (χ1v) is 14.2. The number of benzene rings is 1. The molecule has 0 aliphatic heterocycles. The van der Waals surface area contributed by atoms with E-state index >= 15 is 0 Å². The molecule has 1 heteroatoms. The lowest BCUT2D eigenvalue weighted by molar-refractivity contribution is 0.234. The topological polar surface area (TPSA) is 9.23 Å². The van der Waals surface area contributed by atoms with Crippen molar-refractivity contribution in [1.29, 1.82) is 0 Å². The molecule has 2 aliphatic rings. The van der Waals surface area contributed by atoms with Crippen molar-refractivity contribution >= 4 is 0 Å². The first-order valence-electron chi connectivity index (χ1n) is 14.2. The summed E-state index contributed by atoms with van der Waals surface area (Å²) in [5.74, 6) is 4.08. The van der Waals surface area contributed by atoms with Gasteiger partial charge in [0.05, 0.1) is 6.61 Å². The highest BCUT2D eigenvalue weighted by molar-refractivity contribution is 5.28. The van der Waals surface area contributed by atoms with Gasteiger partial charge in [0.2, 0.25) is 0 Å². The lowest BCUT2D eigenvalue weighted by atomic mass is 9.76. The smallest absolute Gasteiger partial charge is 0.119 e. The zero-order chi connectivity index (χ0) is 22.4. The van der Waals surface area contributed by atoms with Gasteiger partial charge in [-0.25, -0.2) is 0 Å². The van der Waals surface area contributed by atoms with Crippen molar-refractivity contribution in [2.75, 3.05) is 6.61 Å². The van der Waals surface area contributed by atoms with Crippen LogP contribution in [0.2, 0.25) is 0 Å². The molecular formula is C31H50O. The molecule has 1 nitrogen and oxygen atoms in total. The maximum Gasteiger partial charge on any atom is 0.119 e. The predicted molar refractivity (Wildman–Crippen MR) is 139 cm³/mol. The summed E-state index contributed by atoms with van der Waals surface area (Å²) in [6.45, 7) is 5.36. The lowest BCUT2D eigenvalue weighted by Gasteiger charge is -2.30. The van der Waals surface area contributed by atoms with E-state index in [4.69, 9.17) is 4.74 Å². The van der Waals surface area contributed by atoms with Crippen LogP contribution in [-0.2, 0) is 6.42 Å². The Kier molecular flexibility index (Phi) is 11.8. The van der Waals surface area contributed by atoms with Gasteiger partial charge < -0.3 is 4.74 Å². The second-order valence-electron chi connectivity index (χ2n) is 10.8. The largest absolute Gasteiger partial charge is 0.494 e. The van der Waals surface area contributed by atoms with Gasteiger partial charge in [0.1, 0.15) is 5.75 Å². The molecule has 0 radical (unpaired) electrons. The number of hydrogen-bond acceptors (Lipinski definition) is 1. The summed E-state index contributed by atoms with van der Waals surface area (Å²) in [4.78, 5) is 0. The van der Waals surface area contributed by atoms with E-state index in [1.54, 1.807) is 5.57 Å². The summed E-state index contributed by atoms with van der Waals surface area (Å²) in [6, 6.07) is 8.81. The predicted octanol–water partition coefficient (Wildman–Crippen LogP) is 9.69. The van der Waals surface area contributed by atoms with Crippen LogP contribution >= 0.6 is 0 Å². The molecule has 0 amide bonds. The van der Waals surface area contributed by atoms with Crippen molar-refractivity contribution in [2.45, 2.75) is 123 Å². The van der Waals surface area contributed by atoms with E-state index < -0.39 is 0 Å². The van der Waals surface area contributed by atoms with Crippen LogP contribution in [0, 0.1) is 17.8 Å². The van der Waals surface area contributed by atoms with Crippen LogP contribution in [0.1, 0.15) is 122 Å². The Labute approximate surface area is 199 Å². The SMILES string of the molecule is CCCCC[C@H]1CC[C@H](CCC2CC=C(CCc3ccc(OCCCC)cc3)CC2)CC1. The molecule has 2 aliphatic carbocycles. The second kappa shape index (κ2) is 14.8. The van der Waals surface area contributed by atoms with Crippen molar-refractivity contribution in [2.24, 2.45) is 17.8 Å². The molecule has 180 valence electrons. The number of aryl methyl sites for hydroxylation is 1. The first-order chi connectivity index (χ1) is 15.8. The summed E-state index contributed by atoms with van der Waals surface area (Å²) in [6.07, 6.45) is 26.3. The lowest BCUT2D eigenvalue weighted by Crippen LogP contribution is -2.16. The van der Waals surface area contributed by atoms with Crippen molar-refractivity contribution in [3.63, 3.8) is 0 Å². The number of allylic oxidation sites excluding steroid dienone is 2. The van der Waals surface area contributed by atoms with Crippen LogP contribution in [-0.4, -0.2) is 6.61 Å². The van der Waals surface area contributed by atoms with Crippen molar-refractivity contribution < 1.29 is 4.74 Å². The van der Waals surface area contributed by atoms with Gasteiger partial charge >= 0.3 is 0 Å². The van der Waals surface area contributed by atoms with Gasteiger partial charge in [-0.3, -0.25) is 0 Å². The summed E-state index contributed by atoms with van der Waals surface area (Å²) in [5, 5.41) is 0. The minimum atomic E-state index is 0.838. The fraction of sp³-hybridized carbons (Fsp3) is 0.742. The fourth-order valence-electron chi connectivity index (χ4n) is 5.79. The third kappa shape index (κ3) is 9.32. The zero-order valence-electron chi connectivity index (χ0n) is 21.3. The number of hydrogen-bond donors (Lipinski definition) is 0. The number of rotatable bonds is 14. The Morgan fingerprint density at radius 3 is 2.06 bits per heavy atom. The quantitative estimate of drug-likeness (QED) is 0.207. The third-order valence-electron chi connectivity index (χ3n) is 8.20. The molecule has 32 heavy (non-hydrogen) atoms. The van der Waals surface area contributed by atoms with Gasteiger partial charge in [-0.05, 0) is 80.4 Å². The minimum Gasteiger partial charge on any atom is -0.494 e. The van der Waals surface area contributed by atoms with E-state index in [9.17, 15) is 0 Å². The molecule has 1 atom stereocenters. The zero-order valence-corrected chi connectivity index (χ0v) is 21.3. The summed E-state index contributed by atoms with van der Waals surface area (Å²) >= 11 is 0. The Morgan fingerprint density at radius 2 is 1.41 bits per heavy atom. The molecule has 0 aromatic heterocycles. The molecular weight excluding hydrogens is 388 g/mol. The fourth-order valence-corrected chi connectivity index (χ4v) is 5.79. The maximum absolute atomic E-state index is 5.79. The second-order valence-corrected chi connectivity index (χ2v) is 10.8. The van der Waals surface area contributed by atoms with Gasteiger partial charge in [-0.1, -0.05) is 102 Å². The monoisotopic (exact) mass is 438 g/mol. The van der Waals surface area contributed by atoms with Gasteiger partial charge in [0, 0.05) is 0 Å². The minimum absolute atomic E-state index is 0.838. The van der Waals surface area contributed by atoms with Gasteiger partial charge in [-0.15, -0.1) is 0 Å². The molecule has 0 saturated heterocycles. The molecule has 1 fully saturated rings. The van der Waals surface area contributed by atoms with Crippen LogP contribution in [0.4, 0.5) is 0 Å². The average molecular weight is 439 g/mol. The van der Waals surface area contributed by atoms with Crippen LogP contribution in [0.5, 0.6) is 5.75 Å². The van der Waals surface area contributed by atoms with E-state index in [2.05, 4.69) is 44.2 Å². The van der Waals surface area contributed by atoms with Crippen LogP contribution < -0.4 is 4.74 Å². The molecule has 0 spiro atoms. The van der Waals surface area contributed by atoms with Crippen molar-refractivity contribution in [1.82, 2.24) is 0 Å². The third-order valence-corrected chi connectivity index (χ3v) is 8.20. The van der Waals surface area contributed by atoms with E-state index in [0.29, 0.717) is 0 Å². The maximum atomic E-state index is 5.79. The highest BCUT2D eigenvalue weighted by atomic mass is 16.5. The summed E-state index contributed by atoms with van der Waals surface area (Å²) < 4.78 is 5.79. The Hall–Kier alpha value is -1.24. The molecule has 0 bridgehead atoms. The van der Waals surface area contributed by atoms with E-state index in [1.807, 2.05) is 0 Å². The molecule has 3 rings (SSSR count). The molecule has 1 saturated carbocycles. The standard InChI is InChI=1S/C31H50O/c1-3-5-7-8-26-9-11-27(12-10-26)13-14-28-15-17-29(18-16-28)19-20-30-21-23-31(24-22-30)32-25-6-4-2/h17,21-24,26-28H,3-16,18-20,25H2,1-2H3/t26-,27-,28?.